The first-order valence-electron chi connectivity index (χ1n) is 5.54. The molecule has 1 N–H and O–H groups in total. The summed E-state index contributed by atoms with van der Waals surface area (Å²) in [4.78, 5) is 4.29. The summed E-state index contributed by atoms with van der Waals surface area (Å²) < 4.78 is 5.11. The minimum atomic E-state index is 0.615. The number of halogens is 1. The molecule has 0 saturated carbocycles. The van der Waals surface area contributed by atoms with Gasteiger partial charge in [-0.15, -0.1) is 0 Å². The maximum Gasteiger partial charge on any atom is 0.240 e. The molecule has 90 valence electrons. The number of rotatable bonds is 5. The van der Waals surface area contributed by atoms with E-state index in [-0.39, 0.29) is 0 Å². The maximum atomic E-state index is 5.82. The zero-order valence-electron chi connectivity index (χ0n) is 9.61. The second-order valence-corrected chi connectivity index (χ2v) is 4.12. The van der Waals surface area contributed by atoms with Crippen molar-refractivity contribution in [3.05, 3.63) is 46.6 Å². The number of hydrogen-bond donors (Lipinski definition) is 1. The highest BCUT2D eigenvalue weighted by atomic mass is 35.5. The van der Waals surface area contributed by atoms with Crippen LogP contribution in [0.1, 0.15) is 24.2 Å². The van der Waals surface area contributed by atoms with Crippen LogP contribution in [-0.2, 0) is 13.0 Å². The van der Waals surface area contributed by atoms with Crippen molar-refractivity contribution < 1.29 is 4.52 Å². The summed E-state index contributed by atoms with van der Waals surface area (Å²) in [5.74, 6) is 1.32. The zero-order valence-corrected chi connectivity index (χ0v) is 10.4. The van der Waals surface area contributed by atoms with Gasteiger partial charge in [0.2, 0.25) is 5.89 Å². The number of aromatic nitrogens is 2. The van der Waals surface area contributed by atoms with Crippen LogP contribution in [0.5, 0.6) is 0 Å². The molecule has 0 aliphatic rings. The molecule has 0 radical (unpaired) electrons. The van der Waals surface area contributed by atoms with E-state index in [2.05, 4.69) is 15.5 Å². The average molecular weight is 252 g/mol. The monoisotopic (exact) mass is 251 g/mol. The molecular formula is C12H14ClN3O. The van der Waals surface area contributed by atoms with E-state index in [0.717, 1.165) is 17.1 Å². The van der Waals surface area contributed by atoms with E-state index in [0.29, 0.717) is 24.7 Å². The fourth-order valence-corrected chi connectivity index (χ4v) is 1.58. The fourth-order valence-electron chi connectivity index (χ4n) is 1.45. The number of benzene rings is 1. The largest absolute Gasteiger partial charge is 0.338 e. The molecule has 0 unspecified atom stereocenters. The van der Waals surface area contributed by atoms with Gasteiger partial charge in [-0.3, -0.25) is 0 Å². The molecule has 0 amide bonds. The molecule has 0 spiro atoms. The van der Waals surface area contributed by atoms with E-state index < -0.39 is 0 Å². The van der Waals surface area contributed by atoms with Crippen molar-refractivity contribution in [1.29, 1.82) is 0 Å². The Balaban J connectivity index is 1.98. The van der Waals surface area contributed by atoms with Crippen LogP contribution < -0.4 is 5.32 Å². The zero-order chi connectivity index (χ0) is 12.1. The van der Waals surface area contributed by atoms with Gasteiger partial charge in [0.25, 0.3) is 0 Å². The van der Waals surface area contributed by atoms with Crippen LogP contribution in [0.3, 0.4) is 0 Å². The van der Waals surface area contributed by atoms with E-state index in [4.69, 9.17) is 16.1 Å². The minimum absolute atomic E-state index is 0.615. The molecule has 17 heavy (non-hydrogen) atoms. The Labute approximate surface area is 105 Å². The topological polar surface area (TPSA) is 51.0 Å². The highest BCUT2D eigenvalue weighted by Crippen LogP contribution is 2.12. The molecule has 5 heteroatoms. The third-order valence-corrected chi connectivity index (χ3v) is 2.56. The molecule has 1 aromatic carbocycles. The molecule has 0 saturated heterocycles. The second kappa shape index (κ2) is 5.80. The summed E-state index contributed by atoms with van der Waals surface area (Å²) >= 11 is 5.82. The van der Waals surface area contributed by atoms with Crippen LogP contribution in [-0.4, -0.2) is 16.7 Å². The van der Waals surface area contributed by atoms with Gasteiger partial charge in [0.1, 0.15) is 0 Å². The Morgan fingerprint density at radius 2 is 2.06 bits per heavy atom. The SMILES string of the molecule is CCNCc1nc(Cc2ccc(Cl)cc2)no1. The fraction of sp³-hybridized carbons (Fsp3) is 0.333. The molecule has 2 rings (SSSR count). The number of nitrogens with zero attached hydrogens (tertiary/aromatic N) is 2. The van der Waals surface area contributed by atoms with Crippen molar-refractivity contribution >= 4 is 11.6 Å². The van der Waals surface area contributed by atoms with Crippen LogP contribution in [0.25, 0.3) is 0 Å². The molecule has 0 atom stereocenters. The van der Waals surface area contributed by atoms with E-state index in [9.17, 15) is 0 Å². The Kier molecular flexibility index (Phi) is 4.12. The molecule has 4 nitrogen and oxygen atoms in total. The molecule has 1 aromatic heterocycles. The van der Waals surface area contributed by atoms with Crippen LogP contribution in [0.2, 0.25) is 5.02 Å². The molecule has 1 heterocycles. The summed E-state index contributed by atoms with van der Waals surface area (Å²) in [7, 11) is 0. The molecule has 0 aliphatic carbocycles. The standard InChI is InChI=1S/C12H14ClN3O/c1-2-14-8-12-15-11(16-17-12)7-9-3-5-10(13)6-4-9/h3-6,14H,2,7-8H2,1H3. The molecule has 0 fully saturated rings. The van der Waals surface area contributed by atoms with Crippen molar-refractivity contribution in [3.8, 4) is 0 Å². The molecule has 0 bridgehead atoms. The Morgan fingerprint density at radius 1 is 1.29 bits per heavy atom. The summed E-state index contributed by atoms with van der Waals surface area (Å²) in [5.41, 5.74) is 1.12. The lowest BCUT2D eigenvalue weighted by molar-refractivity contribution is 0.365. The van der Waals surface area contributed by atoms with Gasteiger partial charge >= 0.3 is 0 Å². The normalized spacial score (nSPS) is 10.7. The van der Waals surface area contributed by atoms with Crippen LogP contribution in [0.15, 0.2) is 28.8 Å². The first kappa shape index (κ1) is 12.1. The first-order chi connectivity index (χ1) is 8.28. The van der Waals surface area contributed by atoms with Gasteiger partial charge < -0.3 is 9.84 Å². The van der Waals surface area contributed by atoms with E-state index in [1.165, 1.54) is 0 Å². The van der Waals surface area contributed by atoms with E-state index in [1.807, 2.05) is 31.2 Å². The average Bonchev–Trinajstić information content (AvgIpc) is 2.77. The highest BCUT2D eigenvalue weighted by molar-refractivity contribution is 6.30. The molecule has 0 aliphatic heterocycles. The smallest absolute Gasteiger partial charge is 0.240 e. The quantitative estimate of drug-likeness (QED) is 0.887. The van der Waals surface area contributed by atoms with Crippen molar-refractivity contribution in [2.45, 2.75) is 19.9 Å². The summed E-state index contributed by atoms with van der Waals surface area (Å²) in [5, 5.41) is 7.79. The van der Waals surface area contributed by atoms with E-state index in [1.54, 1.807) is 0 Å². The first-order valence-corrected chi connectivity index (χ1v) is 5.92. The van der Waals surface area contributed by atoms with Gasteiger partial charge in [-0.2, -0.15) is 4.98 Å². The van der Waals surface area contributed by atoms with Crippen LogP contribution in [0, 0.1) is 0 Å². The molecule has 2 aromatic rings. The van der Waals surface area contributed by atoms with Gasteiger partial charge in [0, 0.05) is 11.4 Å². The van der Waals surface area contributed by atoms with Gasteiger partial charge in [-0.25, -0.2) is 0 Å². The summed E-state index contributed by atoms with van der Waals surface area (Å²) in [6.07, 6.45) is 0.660. The number of nitrogens with one attached hydrogen (secondary N) is 1. The number of hydrogen-bond acceptors (Lipinski definition) is 4. The third kappa shape index (κ3) is 3.54. The van der Waals surface area contributed by atoms with Gasteiger partial charge in [0.15, 0.2) is 5.82 Å². The van der Waals surface area contributed by atoms with Crippen molar-refractivity contribution in [3.63, 3.8) is 0 Å². The van der Waals surface area contributed by atoms with Crippen molar-refractivity contribution in [2.24, 2.45) is 0 Å². The van der Waals surface area contributed by atoms with Gasteiger partial charge in [-0.05, 0) is 24.2 Å². The molecular weight excluding hydrogens is 238 g/mol. The van der Waals surface area contributed by atoms with E-state index >= 15 is 0 Å². The third-order valence-electron chi connectivity index (χ3n) is 2.31. The second-order valence-electron chi connectivity index (χ2n) is 3.69. The summed E-state index contributed by atoms with van der Waals surface area (Å²) in [6, 6.07) is 7.64. The van der Waals surface area contributed by atoms with Gasteiger partial charge in [0.05, 0.1) is 6.54 Å². The summed E-state index contributed by atoms with van der Waals surface area (Å²) in [6.45, 7) is 3.53. The van der Waals surface area contributed by atoms with Crippen LogP contribution in [0.4, 0.5) is 0 Å². The predicted octanol–water partition coefficient (Wildman–Crippen LogP) is 2.42. The minimum Gasteiger partial charge on any atom is -0.338 e. The Hall–Kier alpha value is -1.39. The van der Waals surface area contributed by atoms with Crippen molar-refractivity contribution in [2.75, 3.05) is 6.54 Å². The van der Waals surface area contributed by atoms with Gasteiger partial charge in [-0.1, -0.05) is 35.8 Å². The Bertz CT molecular complexity index is 467. The maximum absolute atomic E-state index is 5.82. The van der Waals surface area contributed by atoms with Crippen molar-refractivity contribution in [1.82, 2.24) is 15.5 Å². The Morgan fingerprint density at radius 3 is 2.76 bits per heavy atom. The lowest BCUT2D eigenvalue weighted by Crippen LogP contribution is -2.11. The predicted molar refractivity (Wildman–Crippen MR) is 65.9 cm³/mol. The highest BCUT2D eigenvalue weighted by Gasteiger charge is 2.06. The lowest BCUT2D eigenvalue weighted by Gasteiger charge is -1.96. The lowest BCUT2D eigenvalue weighted by atomic mass is 10.1. The van der Waals surface area contributed by atoms with Crippen LogP contribution >= 0.6 is 11.6 Å².